The van der Waals surface area contributed by atoms with Gasteiger partial charge in [0.05, 0.1) is 36.5 Å². The minimum Gasteiger partial charge on any atom is -0.493 e. The number of nitrogens with zero attached hydrogens (tertiary/aromatic N) is 2. The van der Waals surface area contributed by atoms with Gasteiger partial charge < -0.3 is 9.47 Å². The number of hydrogen-bond acceptors (Lipinski definition) is 4. The molecule has 0 atom stereocenters. The summed E-state index contributed by atoms with van der Waals surface area (Å²) in [6.45, 7) is 5.52. The van der Waals surface area contributed by atoms with Crippen molar-refractivity contribution in [1.82, 2.24) is 0 Å². The average Bonchev–Trinajstić information content (AvgIpc) is 3.13. The zero-order valence-corrected chi connectivity index (χ0v) is 28.2. The number of allylic oxidation sites excluding steroid dienone is 2. The standard InChI is InChI=1S/C44H44N2O2/c1-3-5-7-13-23-47-43-29-40(28-42(32-46)38-22-20-34-16-10-12-18-36(34)26-38)44(48-24-14-8-6-4-2)30-39(43)27-41(31-45)37-21-19-33-15-9-11-17-35(33)25-37/h9-12,15-22,25-30H,3-8,13-14,23-24H2,1-2H3/b41-27+,42-28+. The van der Waals surface area contributed by atoms with Gasteiger partial charge in [-0.25, -0.2) is 0 Å². The van der Waals surface area contributed by atoms with Gasteiger partial charge in [-0.05, 0) is 81.9 Å². The molecule has 0 saturated carbocycles. The lowest BCUT2D eigenvalue weighted by molar-refractivity contribution is 0.296. The van der Waals surface area contributed by atoms with Crippen molar-refractivity contribution in [3.8, 4) is 23.6 Å². The van der Waals surface area contributed by atoms with Crippen molar-refractivity contribution in [3.63, 3.8) is 0 Å². The molecule has 0 bridgehead atoms. The largest absolute Gasteiger partial charge is 0.493 e. The number of ether oxygens (including phenoxy) is 2. The van der Waals surface area contributed by atoms with Crippen LogP contribution in [0.25, 0.3) is 44.8 Å². The molecule has 0 saturated heterocycles. The van der Waals surface area contributed by atoms with Crippen LogP contribution < -0.4 is 9.47 Å². The number of rotatable bonds is 16. The number of nitriles is 2. The first-order valence-corrected chi connectivity index (χ1v) is 17.3. The maximum Gasteiger partial charge on any atom is 0.127 e. The maximum atomic E-state index is 10.3. The summed E-state index contributed by atoms with van der Waals surface area (Å²) in [6.07, 6.45) is 12.5. The molecule has 4 heteroatoms. The molecule has 242 valence electrons. The van der Waals surface area contributed by atoms with Crippen LogP contribution in [-0.4, -0.2) is 13.2 Å². The fraction of sp³-hybridized carbons (Fsp3) is 0.273. The second-order valence-corrected chi connectivity index (χ2v) is 12.2. The van der Waals surface area contributed by atoms with Gasteiger partial charge in [0.1, 0.15) is 11.5 Å². The molecule has 0 radical (unpaired) electrons. The molecule has 0 N–H and O–H groups in total. The first-order valence-electron chi connectivity index (χ1n) is 17.3. The summed E-state index contributed by atoms with van der Waals surface area (Å²) in [5.41, 5.74) is 4.34. The predicted molar refractivity (Wildman–Crippen MR) is 201 cm³/mol. The molecule has 0 unspecified atom stereocenters. The van der Waals surface area contributed by atoms with E-state index in [9.17, 15) is 10.5 Å². The van der Waals surface area contributed by atoms with Crippen LogP contribution in [0.4, 0.5) is 0 Å². The molecule has 0 heterocycles. The van der Waals surface area contributed by atoms with Gasteiger partial charge in [0.2, 0.25) is 0 Å². The molecule has 5 aromatic carbocycles. The van der Waals surface area contributed by atoms with Crippen LogP contribution in [0.15, 0.2) is 97.1 Å². The third-order valence-electron chi connectivity index (χ3n) is 8.61. The minimum absolute atomic E-state index is 0.544. The van der Waals surface area contributed by atoms with Crippen LogP contribution in [0.1, 0.15) is 87.5 Å². The first-order chi connectivity index (χ1) is 23.6. The molecule has 48 heavy (non-hydrogen) atoms. The highest BCUT2D eigenvalue weighted by molar-refractivity contribution is 5.97. The molecule has 5 rings (SSSR count). The van der Waals surface area contributed by atoms with Gasteiger partial charge in [-0.15, -0.1) is 0 Å². The molecule has 0 aromatic heterocycles. The van der Waals surface area contributed by atoms with E-state index in [0.717, 1.165) is 95.2 Å². The van der Waals surface area contributed by atoms with Gasteiger partial charge in [0, 0.05) is 11.1 Å². The molecular weight excluding hydrogens is 588 g/mol. The summed E-state index contributed by atoms with van der Waals surface area (Å²) in [5, 5.41) is 25.1. The zero-order chi connectivity index (χ0) is 33.6. The van der Waals surface area contributed by atoms with Gasteiger partial charge in [-0.1, -0.05) is 125 Å². The third-order valence-corrected chi connectivity index (χ3v) is 8.61. The van der Waals surface area contributed by atoms with Crippen molar-refractivity contribution in [2.45, 2.75) is 65.2 Å². The van der Waals surface area contributed by atoms with Crippen LogP contribution in [0, 0.1) is 22.7 Å². The Morgan fingerprint density at radius 3 is 1.33 bits per heavy atom. The smallest absolute Gasteiger partial charge is 0.127 e. The lowest BCUT2D eigenvalue weighted by atomic mass is 9.97. The summed E-state index contributed by atoms with van der Waals surface area (Å²) in [4.78, 5) is 0. The van der Waals surface area contributed by atoms with E-state index in [4.69, 9.17) is 9.47 Å². The Kier molecular flexibility index (Phi) is 12.4. The molecule has 4 nitrogen and oxygen atoms in total. The fourth-order valence-electron chi connectivity index (χ4n) is 5.87. The highest BCUT2D eigenvalue weighted by Crippen LogP contribution is 2.36. The predicted octanol–water partition coefficient (Wildman–Crippen LogP) is 12.0. The van der Waals surface area contributed by atoms with Gasteiger partial charge in [-0.2, -0.15) is 10.5 Å². The van der Waals surface area contributed by atoms with Crippen molar-refractivity contribution in [2.75, 3.05) is 13.2 Å². The second kappa shape index (κ2) is 17.6. The molecule has 0 aliphatic carbocycles. The van der Waals surface area contributed by atoms with Crippen molar-refractivity contribution >= 4 is 44.8 Å². The summed E-state index contributed by atoms with van der Waals surface area (Å²) >= 11 is 0. The molecule has 0 fully saturated rings. The Balaban J connectivity index is 1.60. The molecular formula is C44H44N2O2. The molecule has 0 spiro atoms. The first kappa shape index (κ1) is 34.0. The number of fused-ring (bicyclic) bond motifs is 2. The summed E-state index contributed by atoms with van der Waals surface area (Å²) in [7, 11) is 0. The topological polar surface area (TPSA) is 66.0 Å². The minimum atomic E-state index is 0.544. The van der Waals surface area contributed by atoms with E-state index in [-0.39, 0.29) is 0 Å². The highest BCUT2D eigenvalue weighted by Gasteiger charge is 2.14. The van der Waals surface area contributed by atoms with Crippen molar-refractivity contribution in [1.29, 1.82) is 10.5 Å². The van der Waals surface area contributed by atoms with Crippen LogP contribution in [0.5, 0.6) is 11.5 Å². The van der Waals surface area contributed by atoms with E-state index in [2.05, 4.69) is 74.5 Å². The Hall–Kier alpha value is -5.32. The SMILES string of the molecule is CCCCCCOc1cc(/C=C(\C#N)c2ccc3ccccc3c2)c(OCCCCCC)cc1/C=C(\C#N)c1ccc2ccccc2c1. The summed E-state index contributed by atoms with van der Waals surface area (Å²) in [5.74, 6) is 1.33. The summed E-state index contributed by atoms with van der Waals surface area (Å²) in [6, 6.07) is 37.3. The maximum absolute atomic E-state index is 10.3. The van der Waals surface area contributed by atoms with Crippen LogP contribution in [-0.2, 0) is 0 Å². The molecule has 0 amide bonds. The van der Waals surface area contributed by atoms with Crippen LogP contribution in [0.2, 0.25) is 0 Å². The Labute approximate surface area is 285 Å². The number of unbranched alkanes of at least 4 members (excludes halogenated alkanes) is 6. The summed E-state index contributed by atoms with van der Waals surface area (Å²) < 4.78 is 12.9. The van der Waals surface area contributed by atoms with Gasteiger partial charge in [0.25, 0.3) is 0 Å². The van der Waals surface area contributed by atoms with Gasteiger partial charge in [0.15, 0.2) is 0 Å². The second-order valence-electron chi connectivity index (χ2n) is 12.2. The average molecular weight is 633 g/mol. The van der Waals surface area contributed by atoms with Crippen LogP contribution >= 0.6 is 0 Å². The van der Waals surface area contributed by atoms with Gasteiger partial charge in [-0.3, -0.25) is 0 Å². The van der Waals surface area contributed by atoms with E-state index < -0.39 is 0 Å². The molecule has 0 aliphatic rings. The van der Waals surface area contributed by atoms with E-state index in [0.29, 0.717) is 35.9 Å². The van der Waals surface area contributed by atoms with Crippen molar-refractivity contribution in [3.05, 3.63) is 119 Å². The van der Waals surface area contributed by atoms with Crippen molar-refractivity contribution in [2.24, 2.45) is 0 Å². The Bertz CT molecular complexity index is 1840. The molecule has 5 aromatic rings. The van der Waals surface area contributed by atoms with Crippen molar-refractivity contribution < 1.29 is 9.47 Å². The Morgan fingerprint density at radius 2 is 0.938 bits per heavy atom. The lowest BCUT2D eigenvalue weighted by Gasteiger charge is -2.16. The fourth-order valence-corrected chi connectivity index (χ4v) is 5.87. The van der Waals surface area contributed by atoms with E-state index in [1.54, 1.807) is 0 Å². The normalized spacial score (nSPS) is 11.8. The highest BCUT2D eigenvalue weighted by atomic mass is 16.5. The quantitative estimate of drug-likeness (QED) is 0.0616. The number of hydrogen-bond donors (Lipinski definition) is 0. The van der Waals surface area contributed by atoms with Gasteiger partial charge >= 0.3 is 0 Å². The monoisotopic (exact) mass is 632 g/mol. The van der Waals surface area contributed by atoms with E-state index in [1.807, 2.05) is 60.7 Å². The number of benzene rings is 5. The third kappa shape index (κ3) is 8.93. The Morgan fingerprint density at radius 1 is 0.521 bits per heavy atom. The lowest BCUT2D eigenvalue weighted by Crippen LogP contribution is -2.03. The molecule has 0 aliphatic heterocycles. The van der Waals surface area contributed by atoms with E-state index >= 15 is 0 Å². The van der Waals surface area contributed by atoms with E-state index in [1.165, 1.54) is 0 Å². The zero-order valence-electron chi connectivity index (χ0n) is 28.2. The van der Waals surface area contributed by atoms with Crippen LogP contribution in [0.3, 0.4) is 0 Å².